The van der Waals surface area contributed by atoms with Crippen LogP contribution in [0.1, 0.15) is 5.56 Å². The minimum absolute atomic E-state index is 0.141. The highest BCUT2D eigenvalue weighted by molar-refractivity contribution is 7.89. The summed E-state index contributed by atoms with van der Waals surface area (Å²) in [7, 11) is -4.01. The fraction of sp³-hybridized carbons (Fsp3) is 0.143. The fourth-order valence-corrected chi connectivity index (χ4v) is 2.15. The van der Waals surface area contributed by atoms with Crippen LogP contribution in [-0.4, -0.2) is 8.42 Å². The zero-order valence-corrected chi connectivity index (χ0v) is 8.29. The van der Waals surface area contributed by atoms with Gasteiger partial charge in [0.15, 0.2) is 0 Å². The molecule has 0 atom stereocenters. The van der Waals surface area contributed by atoms with Crippen LogP contribution in [0.25, 0.3) is 0 Å². The Kier molecular flexibility index (Phi) is 2.61. The van der Waals surface area contributed by atoms with E-state index < -0.39 is 20.7 Å². The van der Waals surface area contributed by atoms with E-state index in [1.807, 2.05) is 0 Å². The number of rotatable bonds is 1. The monoisotopic (exact) mass is 223 g/mol. The molecule has 0 aliphatic carbocycles. The molecule has 0 bridgehead atoms. The van der Waals surface area contributed by atoms with Gasteiger partial charge in [-0.15, -0.1) is 0 Å². The largest absolute Gasteiger partial charge is 0.241 e. The number of sulfonamides is 1. The SMILES string of the molecule is Cc1cc(Cl)cc(F)c1S(N)(=O)=O. The Morgan fingerprint density at radius 2 is 2.00 bits per heavy atom. The minimum atomic E-state index is -4.01. The van der Waals surface area contributed by atoms with Crippen LogP contribution in [0.4, 0.5) is 4.39 Å². The van der Waals surface area contributed by atoms with Crippen molar-refractivity contribution in [2.45, 2.75) is 11.8 Å². The van der Waals surface area contributed by atoms with E-state index in [-0.39, 0.29) is 10.6 Å². The van der Waals surface area contributed by atoms with E-state index in [1.165, 1.54) is 13.0 Å². The van der Waals surface area contributed by atoms with E-state index >= 15 is 0 Å². The number of aryl methyl sites for hydroxylation is 1. The second kappa shape index (κ2) is 3.25. The van der Waals surface area contributed by atoms with Gasteiger partial charge in [0.25, 0.3) is 0 Å². The highest BCUT2D eigenvalue weighted by Crippen LogP contribution is 2.22. The smallest absolute Gasteiger partial charge is 0.225 e. The molecule has 1 aromatic rings. The summed E-state index contributed by atoms with van der Waals surface area (Å²) in [5.41, 5.74) is 0.201. The Labute approximate surface area is 80.4 Å². The standard InChI is InChI=1S/C7H7ClFNO2S/c1-4-2-5(8)3-6(9)7(4)13(10,11)12/h2-3H,1H3,(H2,10,11,12). The van der Waals surface area contributed by atoms with Gasteiger partial charge in [-0.05, 0) is 24.6 Å². The molecule has 0 radical (unpaired) electrons. The molecular weight excluding hydrogens is 217 g/mol. The van der Waals surface area contributed by atoms with E-state index in [0.29, 0.717) is 0 Å². The fourth-order valence-electron chi connectivity index (χ4n) is 1.05. The first-order valence-electron chi connectivity index (χ1n) is 3.31. The maximum absolute atomic E-state index is 13.1. The summed E-state index contributed by atoms with van der Waals surface area (Å²) in [5, 5.41) is 4.94. The van der Waals surface area contributed by atoms with Gasteiger partial charge in [0, 0.05) is 5.02 Å². The van der Waals surface area contributed by atoms with Crippen LogP contribution in [0, 0.1) is 12.7 Å². The van der Waals surface area contributed by atoms with Crippen molar-refractivity contribution in [1.29, 1.82) is 0 Å². The average Bonchev–Trinajstić information content (AvgIpc) is 1.78. The molecule has 0 aliphatic rings. The summed E-state index contributed by atoms with van der Waals surface area (Å²) in [6.45, 7) is 1.43. The van der Waals surface area contributed by atoms with E-state index in [9.17, 15) is 12.8 Å². The molecule has 0 spiro atoms. The van der Waals surface area contributed by atoms with Crippen LogP contribution in [0.15, 0.2) is 17.0 Å². The molecule has 0 unspecified atom stereocenters. The Balaban J connectivity index is 3.57. The van der Waals surface area contributed by atoms with E-state index in [2.05, 4.69) is 0 Å². The Bertz CT molecular complexity index is 421. The zero-order valence-electron chi connectivity index (χ0n) is 6.71. The second-order valence-corrected chi connectivity index (χ2v) is 4.51. The van der Waals surface area contributed by atoms with Crippen molar-refractivity contribution in [3.63, 3.8) is 0 Å². The van der Waals surface area contributed by atoms with Gasteiger partial charge in [-0.1, -0.05) is 11.6 Å². The second-order valence-electron chi connectivity index (χ2n) is 2.58. The van der Waals surface area contributed by atoms with Gasteiger partial charge in [-0.2, -0.15) is 0 Å². The van der Waals surface area contributed by atoms with Crippen molar-refractivity contribution in [2.24, 2.45) is 5.14 Å². The zero-order chi connectivity index (χ0) is 10.2. The lowest BCUT2D eigenvalue weighted by molar-refractivity contribution is 0.566. The predicted molar refractivity (Wildman–Crippen MR) is 47.5 cm³/mol. The molecule has 72 valence electrons. The Morgan fingerprint density at radius 1 is 1.46 bits per heavy atom. The van der Waals surface area contributed by atoms with Gasteiger partial charge in [0.1, 0.15) is 10.7 Å². The van der Waals surface area contributed by atoms with Crippen molar-refractivity contribution in [2.75, 3.05) is 0 Å². The van der Waals surface area contributed by atoms with Crippen molar-refractivity contribution >= 4 is 21.6 Å². The first-order valence-corrected chi connectivity index (χ1v) is 5.23. The quantitative estimate of drug-likeness (QED) is 0.783. The summed E-state index contributed by atoms with van der Waals surface area (Å²) in [6, 6.07) is 2.25. The van der Waals surface area contributed by atoms with Crippen molar-refractivity contribution in [1.82, 2.24) is 0 Å². The molecule has 0 amide bonds. The summed E-state index contributed by atoms with van der Waals surface area (Å²) >= 11 is 5.50. The molecule has 0 saturated heterocycles. The summed E-state index contributed by atoms with van der Waals surface area (Å²) < 4.78 is 34.8. The van der Waals surface area contributed by atoms with Gasteiger partial charge in [-0.3, -0.25) is 0 Å². The van der Waals surface area contributed by atoms with Crippen LogP contribution < -0.4 is 5.14 Å². The van der Waals surface area contributed by atoms with Gasteiger partial charge in [0.2, 0.25) is 10.0 Å². The molecule has 1 rings (SSSR count). The maximum atomic E-state index is 13.1. The molecule has 2 N–H and O–H groups in total. The Morgan fingerprint density at radius 3 is 2.38 bits per heavy atom. The molecule has 1 aromatic carbocycles. The number of hydrogen-bond donors (Lipinski definition) is 1. The molecule has 0 aliphatic heterocycles. The molecule has 13 heavy (non-hydrogen) atoms. The summed E-state index contributed by atoms with van der Waals surface area (Å²) in [6.07, 6.45) is 0. The average molecular weight is 224 g/mol. The van der Waals surface area contributed by atoms with Crippen molar-refractivity contribution < 1.29 is 12.8 Å². The third kappa shape index (κ3) is 2.18. The van der Waals surface area contributed by atoms with E-state index in [1.54, 1.807) is 0 Å². The van der Waals surface area contributed by atoms with Crippen LogP contribution in [0.3, 0.4) is 0 Å². The van der Waals surface area contributed by atoms with Crippen LogP contribution in [0.5, 0.6) is 0 Å². The van der Waals surface area contributed by atoms with Crippen molar-refractivity contribution in [3.8, 4) is 0 Å². The van der Waals surface area contributed by atoms with E-state index in [0.717, 1.165) is 6.07 Å². The molecule has 0 heterocycles. The predicted octanol–water partition coefficient (Wildman–Crippen LogP) is 1.43. The molecule has 3 nitrogen and oxygen atoms in total. The third-order valence-corrected chi connectivity index (χ3v) is 2.78. The highest BCUT2D eigenvalue weighted by Gasteiger charge is 2.17. The van der Waals surface area contributed by atoms with Crippen LogP contribution >= 0.6 is 11.6 Å². The summed E-state index contributed by atoms with van der Waals surface area (Å²) in [5.74, 6) is -0.924. The maximum Gasteiger partial charge on any atom is 0.241 e. The number of hydrogen-bond acceptors (Lipinski definition) is 2. The number of halogens is 2. The summed E-state index contributed by atoms with van der Waals surface area (Å²) in [4.78, 5) is -0.503. The molecule has 0 saturated carbocycles. The molecule has 0 aromatic heterocycles. The van der Waals surface area contributed by atoms with Gasteiger partial charge < -0.3 is 0 Å². The van der Waals surface area contributed by atoms with E-state index in [4.69, 9.17) is 16.7 Å². The minimum Gasteiger partial charge on any atom is -0.225 e. The lowest BCUT2D eigenvalue weighted by atomic mass is 10.2. The molecule has 6 heteroatoms. The lowest BCUT2D eigenvalue weighted by Crippen LogP contribution is -2.15. The van der Waals surface area contributed by atoms with Crippen LogP contribution in [0.2, 0.25) is 5.02 Å². The number of nitrogens with two attached hydrogens (primary N) is 1. The van der Waals surface area contributed by atoms with Crippen molar-refractivity contribution in [3.05, 3.63) is 28.5 Å². The van der Waals surface area contributed by atoms with Gasteiger partial charge in [0.05, 0.1) is 0 Å². The lowest BCUT2D eigenvalue weighted by Gasteiger charge is -2.04. The topological polar surface area (TPSA) is 60.2 Å². The van der Waals surface area contributed by atoms with Gasteiger partial charge in [-0.25, -0.2) is 17.9 Å². The third-order valence-electron chi connectivity index (χ3n) is 1.48. The highest BCUT2D eigenvalue weighted by atomic mass is 35.5. The van der Waals surface area contributed by atoms with Crippen LogP contribution in [-0.2, 0) is 10.0 Å². The first-order chi connectivity index (χ1) is 5.82. The molecule has 0 fully saturated rings. The molecular formula is C7H7ClFNO2S. The number of primary sulfonamides is 1. The first kappa shape index (κ1) is 10.4. The Hall–Kier alpha value is -0.650. The number of benzene rings is 1. The normalized spacial score (nSPS) is 11.7. The van der Waals surface area contributed by atoms with Gasteiger partial charge >= 0.3 is 0 Å².